The van der Waals surface area contributed by atoms with Crippen LogP contribution in [-0.4, -0.2) is 16.9 Å². The van der Waals surface area contributed by atoms with Crippen LogP contribution in [0.15, 0.2) is 18.2 Å². The number of carbonyl (C=O) groups excluding carboxylic acids is 1. The molecule has 96 valence electrons. The highest BCUT2D eigenvalue weighted by Gasteiger charge is 2.16. The van der Waals surface area contributed by atoms with Gasteiger partial charge in [-0.15, -0.1) is 0 Å². The van der Waals surface area contributed by atoms with Crippen molar-refractivity contribution in [1.82, 2.24) is 10.3 Å². The van der Waals surface area contributed by atoms with Gasteiger partial charge in [0.25, 0.3) is 5.91 Å². The first kappa shape index (κ1) is 12.6. The number of carbonyl (C=O) groups is 1. The van der Waals surface area contributed by atoms with Crippen LogP contribution in [0.4, 0.5) is 4.39 Å². The van der Waals surface area contributed by atoms with E-state index in [0.717, 1.165) is 17.4 Å². The van der Waals surface area contributed by atoms with E-state index >= 15 is 0 Å². The molecule has 2 N–H and O–H groups in total. The van der Waals surface area contributed by atoms with Gasteiger partial charge in [0.15, 0.2) is 0 Å². The van der Waals surface area contributed by atoms with Crippen molar-refractivity contribution < 1.29 is 9.18 Å². The number of nitrogens with one attached hydrogen (secondary N) is 2. The van der Waals surface area contributed by atoms with Crippen LogP contribution in [-0.2, 0) is 0 Å². The van der Waals surface area contributed by atoms with E-state index in [2.05, 4.69) is 10.3 Å². The minimum absolute atomic E-state index is 0.125. The maximum Gasteiger partial charge on any atom is 0.268 e. The Morgan fingerprint density at radius 3 is 2.89 bits per heavy atom. The molecule has 0 radical (unpaired) electrons. The van der Waals surface area contributed by atoms with Gasteiger partial charge in [-0.05, 0) is 44.0 Å². The number of halogens is 1. The standard InChI is InChI=1S/C14H17FN2O/c1-4-8(2)16-14(18)13-9(3)11-6-5-10(15)7-12(11)17-13/h5-8,17H,4H2,1-3H3,(H,16,18). The van der Waals surface area contributed by atoms with Gasteiger partial charge in [-0.2, -0.15) is 0 Å². The molecule has 1 aromatic heterocycles. The van der Waals surface area contributed by atoms with Gasteiger partial charge < -0.3 is 10.3 Å². The first-order valence-corrected chi connectivity index (χ1v) is 6.11. The third-order valence-electron chi connectivity index (χ3n) is 3.24. The van der Waals surface area contributed by atoms with Gasteiger partial charge in [0, 0.05) is 16.9 Å². The Hall–Kier alpha value is -1.84. The number of hydrogen-bond donors (Lipinski definition) is 2. The van der Waals surface area contributed by atoms with Gasteiger partial charge in [0.1, 0.15) is 11.5 Å². The molecule has 0 aliphatic carbocycles. The zero-order valence-corrected chi connectivity index (χ0v) is 10.8. The third kappa shape index (κ3) is 2.23. The molecule has 4 heteroatoms. The molecule has 3 nitrogen and oxygen atoms in total. The van der Waals surface area contributed by atoms with E-state index in [4.69, 9.17) is 0 Å². The zero-order chi connectivity index (χ0) is 13.3. The van der Waals surface area contributed by atoms with Crippen LogP contribution in [0.2, 0.25) is 0 Å². The van der Waals surface area contributed by atoms with Gasteiger partial charge >= 0.3 is 0 Å². The van der Waals surface area contributed by atoms with Gasteiger partial charge in [-0.25, -0.2) is 4.39 Å². The predicted molar refractivity (Wildman–Crippen MR) is 70.2 cm³/mol. The van der Waals surface area contributed by atoms with E-state index in [1.165, 1.54) is 12.1 Å². The quantitative estimate of drug-likeness (QED) is 0.861. The van der Waals surface area contributed by atoms with Gasteiger partial charge in [-0.1, -0.05) is 6.92 Å². The number of aromatic amines is 1. The maximum absolute atomic E-state index is 13.1. The van der Waals surface area contributed by atoms with Crippen LogP contribution >= 0.6 is 0 Å². The van der Waals surface area contributed by atoms with E-state index in [9.17, 15) is 9.18 Å². The van der Waals surface area contributed by atoms with Gasteiger partial charge in [0.05, 0.1) is 0 Å². The molecule has 1 heterocycles. The van der Waals surface area contributed by atoms with E-state index < -0.39 is 0 Å². The molecule has 1 aromatic carbocycles. The number of rotatable bonds is 3. The van der Waals surface area contributed by atoms with E-state index in [1.54, 1.807) is 6.07 Å². The highest BCUT2D eigenvalue weighted by molar-refractivity contribution is 6.00. The van der Waals surface area contributed by atoms with E-state index in [-0.39, 0.29) is 17.8 Å². The van der Waals surface area contributed by atoms with Crippen molar-refractivity contribution in [3.05, 3.63) is 35.3 Å². The predicted octanol–water partition coefficient (Wildman–Crippen LogP) is 3.14. The number of hydrogen-bond acceptors (Lipinski definition) is 1. The van der Waals surface area contributed by atoms with E-state index in [1.807, 2.05) is 20.8 Å². The van der Waals surface area contributed by atoms with Crippen LogP contribution in [0, 0.1) is 12.7 Å². The maximum atomic E-state index is 13.1. The molecule has 0 bridgehead atoms. The Morgan fingerprint density at radius 2 is 2.22 bits per heavy atom. The van der Waals surface area contributed by atoms with Gasteiger partial charge in [0.2, 0.25) is 0 Å². The lowest BCUT2D eigenvalue weighted by atomic mass is 10.1. The summed E-state index contributed by atoms with van der Waals surface area (Å²) in [4.78, 5) is 15.0. The Labute approximate surface area is 105 Å². The minimum Gasteiger partial charge on any atom is -0.350 e. The highest BCUT2D eigenvalue weighted by Crippen LogP contribution is 2.22. The molecule has 2 aromatic rings. The van der Waals surface area contributed by atoms with Crippen molar-refractivity contribution in [2.75, 3.05) is 0 Å². The summed E-state index contributed by atoms with van der Waals surface area (Å²) in [6.45, 7) is 5.83. The second kappa shape index (κ2) is 4.80. The second-order valence-electron chi connectivity index (χ2n) is 4.60. The van der Waals surface area contributed by atoms with Crippen LogP contribution in [0.3, 0.4) is 0 Å². The molecule has 0 saturated heterocycles. The average molecular weight is 248 g/mol. The molecule has 0 saturated carbocycles. The SMILES string of the molecule is CCC(C)NC(=O)c1[nH]c2cc(F)ccc2c1C. The number of H-pyrrole nitrogens is 1. The van der Waals surface area contributed by atoms with Crippen LogP contribution in [0.1, 0.15) is 36.3 Å². The highest BCUT2D eigenvalue weighted by atomic mass is 19.1. The fourth-order valence-corrected chi connectivity index (χ4v) is 1.94. The van der Waals surface area contributed by atoms with Crippen LogP contribution < -0.4 is 5.32 Å². The summed E-state index contributed by atoms with van der Waals surface area (Å²) in [6, 6.07) is 4.62. The zero-order valence-electron chi connectivity index (χ0n) is 10.8. The molecular weight excluding hydrogens is 231 g/mol. The Kier molecular flexibility index (Phi) is 3.36. The summed E-state index contributed by atoms with van der Waals surface area (Å²) in [5, 5.41) is 3.78. The fraction of sp³-hybridized carbons (Fsp3) is 0.357. The lowest BCUT2D eigenvalue weighted by molar-refractivity contribution is 0.0934. The van der Waals surface area contributed by atoms with Crippen molar-refractivity contribution in [2.45, 2.75) is 33.2 Å². The average Bonchev–Trinajstić information content (AvgIpc) is 2.66. The molecular formula is C14H17FN2O. The normalized spacial score (nSPS) is 12.7. The first-order chi connectivity index (χ1) is 8.52. The molecule has 18 heavy (non-hydrogen) atoms. The van der Waals surface area contributed by atoms with E-state index in [0.29, 0.717) is 11.2 Å². The molecule has 0 aliphatic rings. The topological polar surface area (TPSA) is 44.9 Å². The van der Waals surface area contributed by atoms with Crippen molar-refractivity contribution in [2.24, 2.45) is 0 Å². The monoisotopic (exact) mass is 248 g/mol. The molecule has 1 unspecified atom stereocenters. The Bertz CT molecular complexity index is 589. The molecule has 1 atom stereocenters. The van der Waals surface area contributed by atoms with Crippen LogP contribution in [0.25, 0.3) is 10.9 Å². The summed E-state index contributed by atoms with van der Waals surface area (Å²) in [5.41, 5.74) is 2.02. The number of fused-ring (bicyclic) bond motifs is 1. The second-order valence-corrected chi connectivity index (χ2v) is 4.60. The fourth-order valence-electron chi connectivity index (χ4n) is 1.94. The lowest BCUT2D eigenvalue weighted by Gasteiger charge is -2.10. The molecule has 0 spiro atoms. The first-order valence-electron chi connectivity index (χ1n) is 6.11. The van der Waals surface area contributed by atoms with Crippen LogP contribution in [0.5, 0.6) is 0 Å². The van der Waals surface area contributed by atoms with Gasteiger partial charge in [-0.3, -0.25) is 4.79 Å². The third-order valence-corrected chi connectivity index (χ3v) is 3.24. The Morgan fingerprint density at radius 1 is 1.50 bits per heavy atom. The van der Waals surface area contributed by atoms with Crippen molar-refractivity contribution in [3.8, 4) is 0 Å². The summed E-state index contributed by atoms with van der Waals surface area (Å²) in [6.07, 6.45) is 0.875. The molecule has 0 aliphatic heterocycles. The summed E-state index contributed by atoms with van der Waals surface area (Å²) < 4.78 is 13.1. The largest absolute Gasteiger partial charge is 0.350 e. The van der Waals surface area contributed by atoms with Crippen molar-refractivity contribution in [1.29, 1.82) is 0 Å². The summed E-state index contributed by atoms with van der Waals surface area (Å²) in [7, 11) is 0. The Balaban J connectivity index is 2.39. The molecule has 0 fully saturated rings. The minimum atomic E-state index is -0.308. The van der Waals surface area contributed by atoms with Crippen molar-refractivity contribution >= 4 is 16.8 Å². The number of aryl methyl sites for hydroxylation is 1. The molecule has 2 rings (SSSR count). The van der Waals surface area contributed by atoms with Crippen molar-refractivity contribution in [3.63, 3.8) is 0 Å². The lowest BCUT2D eigenvalue weighted by Crippen LogP contribution is -2.32. The number of benzene rings is 1. The summed E-state index contributed by atoms with van der Waals surface area (Å²) in [5.74, 6) is -0.448. The number of aromatic nitrogens is 1. The smallest absolute Gasteiger partial charge is 0.268 e. The number of amides is 1. The molecule has 1 amide bonds. The summed E-state index contributed by atoms with van der Waals surface area (Å²) >= 11 is 0.